The number of rotatable bonds is 5. The molecule has 4 nitrogen and oxygen atoms in total. The molecule has 1 aromatic rings. The van der Waals surface area contributed by atoms with Gasteiger partial charge in [-0.05, 0) is 36.6 Å². The Morgan fingerprint density at radius 3 is 3.05 bits per heavy atom. The van der Waals surface area contributed by atoms with Gasteiger partial charge >= 0.3 is 0 Å². The van der Waals surface area contributed by atoms with E-state index in [9.17, 15) is 4.79 Å². The molecular weight excluding hydrogens is 320 g/mol. The molecule has 0 bridgehead atoms. The van der Waals surface area contributed by atoms with Crippen LogP contribution in [0.2, 0.25) is 0 Å². The van der Waals surface area contributed by atoms with Crippen molar-refractivity contribution in [1.82, 2.24) is 5.32 Å². The Labute approximate surface area is 126 Å². The molecular formula is C15H17BrN2O2. The lowest BCUT2D eigenvalue weighted by Crippen LogP contribution is -2.41. The van der Waals surface area contributed by atoms with Crippen molar-refractivity contribution in [2.45, 2.75) is 18.9 Å². The van der Waals surface area contributed by atoms with Gasteiger partial charge in [-0.25, -0.2) is 0 Å². The molecule has 0 unspecified atom stereocenters. The molecule has 1 aliphatic carbocycles. The number of amides is 1. The van der Waals surface area contributed by atoms with Gasteiger partial charge in [0.2, 0.25) is 0 Å². The molecule has 0 saturated heterocycles. The highest BCUT2D eigenvalue weighted by Crippen LogP contribution is 2.34. The summed E-state index contributed by atoms with van der Waals surface area (Å²) in [6.45, 7) is 5.46. The number of ether oxygens (including phenoxy) is 1. The lowest BCUT2D eigenvalue weighted by atomic mass is 10.2. The Morgan fingerprint density at radius 1 is 1.50 bits per heavy atom. The maximum absolute atomic E-state index is 12.1. The summed E-state index contributed by atoms with van der Waals surface area (Å²) in [5.41, 5.74) is 1.82. The van der Waals surface area contributed by atoms with E-state index in [2.05, 4.69) is 27.8 Å². The third-order valence-corrected chi connectivity index (χ3v) is 3.96. The third-order valence-electron chi connectivity index (χ3n) is 3.46. The highest BCUT2D eigenvalue weighted by atomic mass is 79.9. The standard InChI is InChI=1S/C15H17BrN2O2/c1-10(7-17-12-3-4-12)8-18-13-6-11(16)2-5-14(13)20-9-15(18)19/h2,5-6,12,17H,1,3-4,7-9H2. The Hall–Kier alpha value is -1.33. The number of anilines is 1. The van der Waals surface area contributed by atoms with Crippen LogP contribution in [0.4, 0.5) is 5.69 Å². The highest BCUT2D eigenvalue weighted by molar-refractivity contribution is 9.10. The van der Waals surface area contributed by atoms with Crippen LogP contribution in [-0.2, 0) is 4.79 Å². The maximum Gasteiger partial charge on any atom is 0.265 e. The van der Waals surface area contributed by atoms with Gasteiger partial charge in [-0.1, -0.05) is 22.5 Å². The molecule has 0 aromatic heterocycles. The second-order valence-corrected chi connectivity index (χ2v) is 6.20. The van der Waals surface area contributed by atoms with E-state index in [0.717, 1.165) is 28.0 Å². The molecule has 1 fully saturated rings. The molecule has 2 aliphatic rings. The predicted molar refractivity (Wildman–Crippen MR) is 82.2 cm³/mol. The van der Waals surface area contributed by atoms with E-state index in [1.807, 2.05) is 18.2 Å². The Balaban J connectivity index is 1.72. The average molecular weight is 337 g/mol. The lowest BCUT2D eigenvalue weighted by molar-refractivity contribution is -0.121. The van der Waals surface area contributed by atoms with Crippen molar-refractivity contribution >= 4 is 27.5 Å². The van der Waals surface area contributed by atoms with Gasteiger partial charge in [0, 0.05) is 23.6 Å². The van der Waals surface area contributed by atoms with Crippen molar-refractivity contribution in [2.24, 2.45) is 0 Å². The minimum Gasteiger partial charge on any atom is -0.482 e. The molecule has 5 heteroatoms. The predicted octanol–water partition coefficient (Wildman–Crippen LogP) is 2.48. The molecule has 1 amide bonds. The molecule has 0 spiro atoms. The number of carbonyl (C=O) groups is 1. The van der Waals surface area contributed by atoms with Crippen molar-refractivity contribution in [2.75, 3.05) is 24.6 Å². The van der Waals surface area contributed by atoms with Crippen LogP contribution in [0.3, 0.4) is 0 Å². The third kappa shape index (κ3) is 3.04. The maximum atomic E-state index is 12.1. The van der Waals surface area contributed by atoms with Crippen molar-refractivity contribution in [3.63, 3.8) is 0 Å². The lowest BCUT2D eigenvalue weighted by Gasteiger charge is -2.30. The summed E-state index contributed by atoms with van der Waals surface area (Å²) in [4.78, 5) is 13.8. The van der Waals surface area contributed by atoms with Gasteiger partial charge in [-0.15, -0.1) is 0 Å². The van der Waals surface area contributed by atoms with Gasteiger partial charge in [0.1, 0.15) is 5.75 Å². The Bertz CT molecular complexity index is 555. The zero-order valence-corrected chi connectivity index (χ0v) is 12.8. The molecule has 1 aliphatic heterocycles. The molecule has 0 radical (unpaired) electrons. The second-order valence-electron chi connectivity index (χ2n) is 5.29. The van der Waals surface area contributed by atoms with Crippen molar-refractivity contribution in [3.8, 4) is 5.75 Å². The summed E-state index contributed by atoms with van der Waals surface area (Å²) in [5.74, 6) is 0.721. The van der Waals surface area contributed by atoms with Crippen LogP contribution in [0.1, 0.15) is 12.8 Å². The highest BCUT2D eigenvalue weighted by Gasteiger charge is 2.26. The van der Waals surface area contributed by atoms with E-state index >= 15 is 0 Å². The van der Waals surface area contributed by atoms with Gasteiger partial charge in [0.05, 0.1) is 5.69 Å². The SMILES string of the molecule is C=C(CNC1CC1)CN1C(=O)COc2ccc(Br)cc21. The largest absolute Gasteiger partial charge is 0.482 e. The van der Waals surface area contributed by atoms with E-state index in [1.54, 1.807) is 4.90 Å². The first-order chi connectivity index (χ1) is 9.63. The fourth-order valence-electron chi connectivity index (χ4n) is 2.20. The van der Waals surface area contributed by atoms with Crippen molar-refractivity contribution in [3.05, 3.63) is 34.8 Å². The smallest absolute Gasteiger partial charge is 0.265 e. The van der Waals surface area contributed by atoms with Crippen molar-refractivity contribution < 1.29 is 9.53 Å². The van der Waals surface area contributed by atoms with Crippen LogP contribution in [0.5, 0.6) is 5.75 Å². The summed E-state index contributed by atoms with van der Waals surface area (Å²) >= 11 is 3.43. The first-order valence-electron chi connectivity index (χ1n) is 6.76. The summed E-state index contributed by atoms with van der Waals surface area (Å²) in [5, 5.41) is 3.42. The molecule has 1 N–H and O–H groups in total. The minimum atomic E-state index is -0.0248. The van der Waals surface area contributed by atoms with Gasteiger partial charge in [0.25, 0.3) is 5.91 Å². The zero-order chi connectivity index (χ0) is 14.1. The Morgan fingerprint density at radius 2 is 2.30 bits per heavy atom. The molecule has 106 valence electrons. The van der Waals surface area contributed by atoms with Crippen LogP contribution < -0.4 is 15.0 Å². The van der Waals surface area contributed by atoms with E-state index in [1.165, 1.54) is 12.8 Å². The molecule has 1 heterocycles. The fourth-order valence-corrected chi connectivity index (χ4v) is 2.55. The topological polar surface area (TPSA) is 41.6 Å². The van der Waals surface area contributed by atoms with Gasteiger partial charge in [0.15, 0.2) is 6.61 Å². The summed E-state index contributed by atoms with van der Waals surface area (Å²) < 4.78 is 6.39. The monoisotopic (exact) mass is 336 g/mol. The fraction of sp³-hybridized carbons (Fsp3) is 0.400. The van der Waals surface area contributed by atoms with Gasteiger partial charge in [-0.2, -0.15) is 0 Å². The van der Waals surface area contributed by atoms with E-state index in [0.29, 0.717) is 12.6 Å². The minimum absolute atomic E-state index is 0.0248. The number of nitrogens with zero attached hydrogens (tertiary/aromatic N) is 1. The zero-order valence-electron chi connectivity index (χ0n) is 11.2. The summed E-state index contributed by atoms with van der Waals surface area (Å²) in [6.07, 6.45) is 2.50. The number of fused-ring (bicyclic) bond motifs is 1. The van der Waals surface area contributed by atoms with Crippen LogP contribution in [0.15, 0.2) is 34.8 Å². The summed E-state index contributed by atoms with van der Waals surface area (Å²) in [6, 6.07) is 6.35. The number of carbonyl (C=O) groups excluding carboxylic acids is 1. The Kier molecular flexibility index (Phi) is 3.81. The second kappa shape index (κ2) is 5.58. The first kappa shape index (κ1) is 13.6. The number of hydrogen-bond acceptors (Lipinski definition) is 3. The number of hydrogen-bond donors (Lipinski definition) is 1. The van der Waals surface area contributed by atoms with Crippen LogP contribution in [0, 0.1) is 0 Å². The molecule has 3 rings (SSSR count). The van der Waals surface area contributed by atoms with E-state index in [4.69, 9.17) is 4.74 Å². The van der Waals surface area contributed by atoms with Crippen molar-refractivity contribution in [1.29, 1.82) is 0 Å². The molecule has 1 saturated carbocycles. The average Bonchev–Trinajstić information content (AvgIpc) is 3.24. The van der Waals surface area contributed by atoms with Gasteiger partial charge in [-0.3, -0.25) is 4.79 Å². The van der Waals surface area contributed by atoms with E-state index < -0.39 is 0 Å². The van der Waals surface area contributed by atoms with Crippen LogP contribution in [-0.4, -0.2) is 31.6 Å². The van der Waals surface area contributed by atoms with Crippen LogP contribution >= 0.6 is 15.9 Å². The summed E-state index contributed by atoms with van der Waals surface area (Å²) in [7, 11) is 0. The number of halogens is 1. The van der Waals surface area contributed by atoms with E-state index in [-0.39, 0.29) is 12.5 Å². The number of benzene rings is 1. The van der Waals surface area contributed by atoms with Gasteiger partial charge < -0.3 is 15.0 Å². The molecule has 0 atom stereocenters. The van der Waals surface area contributed by atoms with Crippen LogP contribution in [0.25, 0.3) is 0 Å². The first-order valence-corrected chi connectivity index (χ1v) is 7.55. The normalized spacial score (nSPS) is 17.6. The number of nitrogens with one attached hydrogen (secondary N) is 1. The molecule has 20 heavy (non-hydrogen) atoms. The quantitative estimate of drug-likeness (QED) is 0.840. The molecule has 1 aromatic carbocycles.